The lowest BCUT2D eigenvalue weighted by molar-refractivity contribution is -0.131. The number of aromatic nitrogens is 2. The van der Waals surface area contributed by atoms with Crippen molar-refractivity contribution in [3.8, 4) is 0 Å². The zero-order chi connectivity index (χ0) is 22.2. The Morgan fingerprint density at radius 1 is 1.19 bits per heavy atom. The van der Waals surface area contributed by atoms with Crippen molar-refractivity contribution in [2.24, 2.45) is 0 Å². The third-order valence-corrected chi connectivity index (χ3v) is 6.35. The molecular formula is C25H24ClN3O3. The molecule has 0 aliphatic heterocycles. The lowest BCUT2D eigenvalue weighted by atomic mass is 10.0. The van der Waals surface area contributed by atoms with E-state index in [2.05, 4.69) is 22.1 Å². The highest BCUT2D eigenvalue weighted by Gasteiger charge is 2.20. The summed E-state index contributed by atoms with van der Waals surface area (Å²) >= 11 is 6.07. The third kappa shape index (κ3) is 3.91. The molecule has 0 radical (unpaired) electrons. The number of hydrogen-bond acceptors (Lipinski definition) is 4. The maximum atomic E-state index is 13.2. The molecule has 0 saturated carbocycles. The minimum absolute atomic E-state index is 0.0242. The van der Waals surface area contributed by atoms with Crippen molar-refractivity contribution in [1.82, 2.24) is 14.9 Å². The molecule has 164 valence electrons. The average Bonchev–Trinajstić information content (AvgIpc) is 3.38. The summed E-state index contributed by atoms with van der Waals surface area (Å²) in [5, 5.41) is 2.01. The Labute approximate surface area is 190 Å². The highest BCUT2D eigenvalue weighted by molar-refractivity contribution is 6.31. The molecule has 0 unspecified atom stereocenters. The normalized spacial score (nSPS) is 13.1. The molecule has 0 fully saturated rings. The first-order valence-corrected chi connectivity index (χ1v) is 11.4. The van der Waals surface area contributed by atoms with Gasteiger partial charge >= 0.3 is 0 Å². The minimum Gasteiger partial charge on any atom is -0.464 e. The van der Waals surface area contributed by atoms with Crippen LogP contribution in [0.15, 0.2) is 45.8 Å². The third-order valence-electron chi connectivity index (χ3n) is 6.11. The van der Waals surface area contributed by atoms with E-state index < -0.39 is 0 Å². The van der Waals surface area contributed by atoms with Crippen LogP contribution in [0.1, 0.15) is 42.3 Å². The van der Waals surface area contributed by atoms with Crippen LogP contribution in [-0.4, -0.2) is 27.3 Å². The van der Waals surface area contributed by atoms with Crippen molar-refractivity contribution < 1.29 is 9.21 Å². The van der Waals surface area contributed by atoms with E-state index in [-0.39, 0.29) is 24.4 Å². The molecule has 1 amide bonds. The zero-order valence-electron chi connectivity index (χ0n) is 17.9. The summed E-state index contributed by atoms with van der Waals surface area (Å²) in [5.41, 5.74) is 4.73. The number of aromatic amines is 1. The lowest BCUT2D eigenvalue weighted by Crippen LogP contribution is -2.33. The number of fused-ring (bicyclic) bond motifs is 3. The van der Waals surface area contributed by atoms with E-state index >= 15 is 0 Å². The SMILES string of the molecule is CCCN(Cc1nc2cc(Cl)ccc2c(=O)[nH]1)C(=O)Cc1coc2cc3c(cc12)CCC3. The van der Waals surface area contributed by atoms with Gasteiger partial charge in [-0.25, -0.2) is 4.98 Å². The van der Waals surface area contributed by atoms with E-state index in [1.807, 2.05) is 6.92 Å². The number of halogens is 1. The van der Waals surface area contributed by atoms with Crippen LogP contribution in [0.3, 0.4) is 0 Å². The van der Waals surface area contributed by atoms with Crippen LogP contribution in [-0.2, 0) is 30.6 Å². The molecule has 6 nitrogen and oxygen atoms in total. The summed E-state index contributed by atoms with van der Waals surface area (Å²) in [5.74, 6) is 0.422. The molecule has 1 aliphatic carbocycles. The highest BCUT2D eigenvalue weighted by atomic mass is 35.5. The first-order chi connectivity index (χ1) is 15.5. The van der Waals surface area contributed by atoms with Crippen molar-refractivity contribution in [1.29, 1.82) is 0 Å². The van der Waals surface area contributed by atoms with Gasteiger partial charge < -0.3 is 14.3 Å². The molecule has 0 atom stereocenters. The Bertz CT molecular complexity index is 1390. The summed E-state index contributed by atoms with van der Waals surface area (Å²) in [4.78, 5) is 34.8. The van der Waals surface area contributed by atoms with Gasteiger partial charge in [-0.2, -0.15) is 0 Å². The molecular weight excluding hydrogens is 426 g/mol. The van der Waals surface area contributed by atoms with Gasteiger partial charge in [0.1, 0.15) is 11.4 Å². The first kappa shape index (κ1) is 20.8. The Morgan fingerprint density at radius 3 is 2.81 bits per heavy atom. The van der Waals surface area contributed by atoms with Crippen LogP contribution in [0.4, 0.5) is 0 Å². The first-order valence-electron chi connectivity index (χ1n) is 11.0. The van der Waals surface area contributed by atoms with Gasteiger partial charge in [-0.05, 0) is 67.1 Å². The fraction of sp³-hybridized carbons (Fsp3) is 0.320. The van der Waals surface area contributed by atoms with E-state index in [0.29, 0.717) is 28.3 Å². The van der Waals surface area contributed by atoms with E-state index in [1.165, 1.54) is 17.5 Å². The van der Waals surface area contributed by atoms with Crippen LogP contribution >= 0.6 is 11.6 Å². The highest BCUT2D eigenvalue weighted by Crippen LogP contribution is 2.30. The number of furan rings is 1. The van der Waals surface area contributed by atoms with Crippen LogP contribution in [0, 0.1) is 0 Å². The van der Waals surface area contributed by atoms with Crippen LogP contribution in [0.2, 0.25) is 5.02 Å². The van der Waals surface area contributed by atoms with Gasteiger partial charge in [-0.1, -0.05) is 18.5 Å². The number of amides is 1. The van der Waals surface area contributed by atoms with Gasteiger partial charge in [0.05, 0.1) is 30.1 Å². The zero-order valence-corrected chi connectivity index (χ0v) is 18.7. The van der Waals surface area contributed by atoms with Crippen LogP contribution < -0.4 is 5.56 Å². The molecule has 2 aromatic carbocycles. The van der Waals surface area contributed by atoms with Gasteiger partial charge in [0.2, 0.25) is 5.91 Å². The number of nitrogens with zero attached hydrogens (tertiary/aromatic N) is 2. The van der Waals surface area contributed by atoms with Gasteiger partial charge in [-0.15, -0.1) is 0 Å². The predicted molar refractivity (Wildman–Crippen MR) is 125 cm³/mol. The van der Waals surface area contributed by atoms with Crippen molar-refractivity contribution in [3.63, 3.8) is 0 Å². The Hall–Kier alpha value is -3.12. The number of nitrogens with one attached hydrogen (secondary N) is 1. The fourth-order valence-corrected chi connectivity index (χ4v) is 4.70. The molecule has 2 aromatic heterocycles. The Morgan fingerprint density at radius 2 is 2.00 bits per heavy atom. The van der Waals surface area contributed by atoms with E-state index in [9.17, 15) is 9.59 Å². The molecule has 0 spiro atoms. The monoisotopic (exact) mass is 449 g/mol. The maximum absolute atomic E-state index is 13.2. The van der Waals surface area contributed by atoms with Gasteiger partial charge in [0, 0.05) is 22.5 Å². The molecule has 4 aromatic rings. The molecule has 0 saturated heterocycles. The number of benzene rings is 2. The fourth-order valence-electron chi connectivity index (χ4n) is 4.54. The number of rotatable bonds is 6. The Balaban J connectivity index is 1.41. The lowest BCUT2D eigenvalue weighted by Gasteiger charge is -2.21. The van der Waals surface area contributed by atoms with Gasteiger partial charge in [-0.3, -0.25) is 9.59 Å². The molecule has 32 heavy (non-hydrogen) atoms. The summed E-state index contributed by atoms with van der Waals surface area (Å²) in [6.45, 7) is 2.82. The second kappa shape index (κ2) is 8.43. The molecule has 0 bridgehead atoms. The van der Waals surface area contributed by atoms with E-state index in [4.69, 9.17) is 16.0 Å². The molecule has 5 rings (SSSR count). The largest absolute Gasteiger partial charge is 0.464 e. The number of carbonyl (C=O) groups is 1. The summed E-state index contributed by atoms with van der Waals surface area (Å²) in [6.07, 6.45) is 6.08. The average molecular weight is 450 g/mol. The van der Waals surface area contributed by atoms with Crippen molar-refractivity contribution in [2.75, 3.05) is 6.54 Å². The van der Waals surface area contributed by atoms with E-state index in [1.54, 1.807) is 29.4 Å². The number of H-pyrrole nitrogens is 1. The Kier molecular flexibility index (Phi) is 5.47. The summed E-state index contributed by atoms with van der Waals surface area (Å²) in [6, 6.07) is 9.28. The topological polar surface area (TPSA) is 79.2 Å². The van der Waals surface area contributed by atoms with Crippen molar-refractivity contribution in [3.05, 3.63) is 74.5 Å². The van der Waals surface area contributed by atoms with Gasteiger partial charge in [0.25, 0.3) is 5.56 Å². The minimum atomic E-state index is -0.236. The molecule has 1 N–H and O–H groups in total. The predicted octanol–water partition coefficient (Wildman–Crippen LogP) is 4.79. The second-order valence-electron chi connectivity index (χ2n) is 8.40. The van der Waals surface area contributed by atoms with E-state index in [0.717, 1.165) is 35.8 Å². The van der Waals surface area contributed by atoms with Crippen LogP contribution in [0.5, 0.6) is 0 Å². The summed E-state index contributed by atoms with van der Waals surface area (Å²) in [7, 11) is 0. The van der Waals surface area contributed by atoms with Crippen molar-refractivity contribution in [2.45, 2.75) is 45.6 Å². The van der Waals surface area contributed by atoms with Gasteiger partial charge in [0.15, 0.2) is 0 Å². The molecule has 1 aliphatic rings. The standard InChI is InChI=1S/C25H24ClN3O3/c1-2-8-29(13-23-27-21-12-18(26)6-7-19(21)25(31)28-23)24(30)11-17-14-32-22-10-16-5-3-4-15(16)9-20(17)22/h6-7,9-10,12,14H,2-5,8,11,13H2,1H3,(H,27,28,31). The smallest absolute Gasteiger partial charge is 0.258 e. The number of carbonyl (C=O) groups excluding carboxylic acids is 1. The number of hydrogen-bond donors (Lipinski definition) is 1. The quantitative estimate of drug-likeness (QED) is 0.459. The van der Waals surface area contributed by atoms with Crippen molar-refractivity contribution >= 4 is 39.4 Å². The summed E-state index contributed by atoms with van der Waals surface area (Å²) < 4.78 is 5.77. The second-order valence-corrected chi connectivity index (χ2v) is 8.83. The maximum Gasteiger partial charge on any atom is 0.258 e. The van der Waals surface area contributed by atoms with Crippen LogP contribution in [0.25, 0.3) is 21.9 Å². The molecule has 2 heterocycles. The molecule has 7 heteroatoms. The number of aryl methyl sites for hydroxylation is 2.